The minimum absolute atomic E-state index is 0.0527. The van der Waals surface area contributed by atoms with E-state index in [-0.39, 0.29) is 5.56 Å². The van der Waals surface area contributed by atoms with Gasteiger partial charge in [0.2, 0.25) is 0 Å². The largest absolute Gasteiger partial charge is 0.299 e. The smallest absolute Gasteiger partial charge is 0.262 e. The van der Waals surface area contributed by atoms with Gasteiger partial charge in [0, 0.05) is 17.3 Å². The minimum atomic E-state index is 0.0527. The summed E-state index contributed by atoms with van der Waals surface area (Å²) in [5, 5.41) is 0.763. The zero-order valence-corrected chi connectivity index (χ0v) is 10.9. The second-order valence-corrected chi connectivity index (χ2v) is 5.33. The second-order valence-electron chi connectivity index (χ2n) is 3.75. The molecule has 0 amide bonds. The van der Waals surface area contributed by atoms with Gasteiger partial charge in [-0.05, 0) is 25.8 Å². The van der Waals surface area contributed by atoms with E-state index in [1.807, 2.05) is 13.8 Å². The monoisotopic (exact) mass is 256 g/mol. The number of nitrogens with zero attached hydrogens (tertiary/aromatic N) is 2. The maximum atomic E-state index is 12.2. The van der Waals surface area contributed by atoms with E-state index in [0.29, 0.717) is 12.4 Å². The molecule has 0 fully saturated rings. The van der Waals surface area contributed by atoms with Gasteiger partial charge in [-0.1, -0.05) is 0 Å². The van der Waals surface area contributed by atoms with Crippen LogP contribution >= 0.6 is 22.9 Å². The highest BCUT2D eigenvalue weighted by Crippen LogP contribution is 2.25. The maximum Gasteiger partial charge on any atom is 0.262 e. The molecule has 2 aromatic heterocycles. The van der Waals surface area contributed by atoms with Gasteiger partial charge in [0.15, 0.2) is 0 Å². The summed E-state index contributed by atoms with van der Waals surface area (Å²) in [7, 11) is 0. The molecule has 16 heavy (non-hydrogen) atoms. The van der Waals surface area contributed by atoms with Crippen LogP contribution in [0.25, 0.3) is 10.2 Å². The first-order valence-corrected chi connectivity index (χ1v) is 6.51. The zero-order chi connectivity index (χ0) is 11.7. The molecule has 0 aromatic carbocycles. The van der Waals surface area contributed by atoms with Crippen molar-refractivity contribution in [3.63, 3.8) is 0 Å². The van der Waals surface area contributed by atoms with Gasteiger partial charge < -0.3 is 0 Å². The Morgan fingerprint density at radius 3 is 2.94 bits per heavy atom. The lowest BCUT2D eigenvalue weighted by Crippen LogP contribution is -2.20. The molecule has 86 valence electrons. The van der Waals surface area contributed by atoms with E-state index in [1.165, 1.54) is 0 Å². The highest BCUT2D eigenvalue weighted by molar-refractivity contribution is 7.18. The van der Waals surface area contributed by atoms with Crippen molar-refractivity contribution in [3.05, 3.63) is 27.1 Å². The van der Waals surface area contributed by atoms with E-state index in [9.17, 15) is 4.79 Å². The van der Waals surface area contributed by atoms with Crippen LogP contribution in [0, 0.1) is 13.8 Å². The topological polar surface area (TPSA) is 34.9 Å². The van der Waals surface area contributed by atoms with Crippen LogP contribution in [0.2, 0.25) is 0 Å². The molecule has 0 bridgehead atoms. The van der Waals surface area contributed by atoms with Gasteiger partial charge >= 0.3 is 0 Å². The van der Waals surface area contributed by atoms with Crippen LogP contribution in [0.5, 0.6) is 0 Å². The van der Waals surface area contributed by atoms with Gasteiger partial charge in [-0.3, -0.25) is 9.36 Å². The number of fused-ring (bicyclic) bond motifs is 1. The first-order chi connectivity index (χ1) is 7.65. The van der Waals surface area contributed by atoms with Crippen molar-refractivity contribution >= 4 is 33.2 Å². The maximum absolute atomic E-state index is 12.2. The van der Waals surface area contributed by atoms with Gasteiger partial charge in [0.1, 0.15) is 4.83 Å². The van der Waals surface area contributed by atoms with Crippen LogP contribution in [0.4, 0.5) is 0 Å². The van der Waals surface area contributed by atoms with Crippen molar-refractivity contribution in [2.45, 2.75) is 26.8 Å². The summed E-state index contributed by atoms with van der Waals surface area (Å²) in [6.07, 6.45) is 2.41. The van der Waals surface area contributed by atoms with Crippen LogP contribution in [0.3, 0.4) is 0 Å². The summed E-state index contributed by atoms with van der Waals surface area (Å²) in [6.45, 7) is 4.63. The standard InChI is InChI=1S/C11H13ClN2OS/c1-7-8(2)16-10-9(7)11(15)14(6-13-10)5-3-4-12/h6H,3-5H2,1-2H3. The molecule has 2 heterocycles. The molecule has 3 nitrogen and oxygen atoms in total. The Labute approximate surface area is 103 Å². The molecule has 0 aliphatic carbocycles. The van der Waals surface area contributed by atoms with Crippen molar-refractivity contribution in [2.75, 3.05) is 5.88 Å². The fourth-order valence-electron chi connectivity index (χ4n) is 1.66. The lowest BCUT2D eigenvalue weighted by Gasteiger charge is -2.03. The summed E-state index contributed by atoms with van der Waals surface area (Å²) in [4.78, 5) is 18.5. The third kappa shape index (κ3) is 1.87. The van der Waals surface area contributed by atoms with Crippen LogP contribution in [0.1, 0.15) is 16.9 Å². The predicted molar refractivity (Wildman–Crippen MR) is 68.7 cm³/mol. The molecule has 0 atom stereocenters. The Morgan fingerprint density at radius 2 is 2.25 bits per heavy atom. The fourth-order valence-corrected chi connectivity index (χ4v) is 2.77. The van der Waals surface area contributed by atoms with E-state index >= 15 is 0 Å². The molecule has 2 rings (SSSR count). The predicted octanol–water partition coefficient (Wildman–Crippen LogP) is 2.70. The molecule has 0 N–H and O–H groups in total. The number of thiophene rings is 1. The number of aromatic nitrogens is 2. The van der Waals surface area contributed by atoms with Gasteiger partial charge in [-0.2, -0.15) is 0 Å². The number of halogens is 1. The van der Waals surface area contributed by atoms with Crippen molar-refractivity contribution in [2.24, 2.45) is 0 Å². The normalized spacial score (nSPS) is 11.2. The third-order valence-electron chi connectivity index (χ3n) is 2.69. The van der Waals surface area contributed by atoms with Crippen molar-refractivity contribution in [1.82, 2.24) is 9.55 Å². The molecule has 0 aliphatic rings. The van der Waals surface area contributed by atoms with Crippen LogP contribution < -0.4 is 5.56 Å². The van der Waals surface area contributed by atoms with Crippen molar-refractivity contribution in [1.29, 1.82) is 0 Å². The Balaban J connectivity index is 2.59. The molecule has 2 aromatic rings. The number of aryl methyl sites for hydroxylation is 3. The molecule has 0 saturated heterocycles. The Kier molecular flexibility index (Phi) is 3.30. The third-order valence-corrected chi connectivity index (χ3v) is 4.07. The van der Waals surface area contributed by atoms with E-state index in [2.05, 4.69) is 4.98 Å². The summed E-state index contributed by atoms with van der Waals surface area (Å²) >= 11 is 7.20. The SMILES string of the molecule is Cc1sc2ncn(CCCCl)c(=O)c2c1C. The zero-order valence-electron chi connectivity index (χ0n) is 9.29. The van der Waals surface area contributed by atoms with E-state index < -0.39 is 0 Å². The molecule has 0 unspecified atom stereocenters. The number of hydrogen-bond acceptors (Lipinski definition) is 3. The summed E-state index contributed by atoms with van der Waals surface area (Å²) < 4.78 is 1.64. The first-order valence-electron chi connectivity index (χ1n) is 5.16. The van der Waals surface area contributed by atoms with Crippen LogP contribution in [-0.4, -0.2) is 15.4 Å². The molecule has 0 spiro atoms. The number of hydrogen-bond donors (Lipinski definition) is 0. The fraction of sp³-hybridized carbons (Fsp3) is 0.455. The Hall–Kier alpha value is -0.870. The molecule has 0 aliphatic heterocycles. The average Bonchev–Trinajstić information content (AvgIpc) is 2.55. The van der Waals surface area contributed by atoms with Gasteiger partial charge in [-0.15, -0.1) is 22.9 Å². The lowest BCUT2D eigenvalue weighted by molar-refractivity contribution is 0.651. The van der Waals surface area contributed by atoms with Crippen LogP contribution in [0.15, 0.2) is 11.1 Å². The summed E-state index contributed by atoms with van der Waals surface area (Å²) in [6, 6.07) is 0. The molecular formula is C11H13ClN2OS. The summed E-state index contributed by atoms with van der Waals surface area (Å²) in [5.74, 6) is 0.562. The number of alkyl halides is 1. The number of rotatable bonds is 3. The quantitative estimate of drug-likeness (QED) is 0.792. The van der Waals surface area contributed by atoms with Crippen LogP contribution in [-0.2, 0) is 6.54 Å². The van der Waals surface area contributed by atoms with Crippen molar-refractivity contribution < 1.29 is 0 Å². The second kappa shape index (κ2) is 4.55. The van der Waals surface area contributed by atoms with Gasteiger partial charge in [-0.25, -0.2) is 4.98 Å². The Morgan fingerprint density at radius 1 is 1.50 bits per heavy atom. The summed E-state index contributed by atoms with van der Waals surface area (Å²) in [5.41, 5.74) is 1.11. The van der Waals surface area contributed by atoms with Gasteiger partial charge in [0.05, 0.1) is 11.7 Å². The minimum Gasteiger partial charge on any atom is -0.299 e. The van der Waals surface area contributed by atoms with E-state index in [4.69, 9.17) is 11.6 Å². The molecular weight excluding hydrogens is 244 g/mol. The average molecular weight is 257 g/mol. The molecule has 0 radical (unpaired) electrons. The van der Waals surface area contributed by atoms with E-state index in [0.717, 1.165) is 27.1 Å². The highest BCUT2D eigenvalue weighted by atomic mass is 35.5. The highest BCUT2D eigenvalue weighted by Gasteiger charge is 2.11. The molecule has 5 heteroatoms. The lowest BCUT2D eigenvalue weighted by atomic mass is 10.2. The molecule has 0 saturated carbocycles. The van der Waals surface area contributed by atoms with Gasteiger partial charge in [0.25, 0.3) is 5.56 Å². The van der Waals surface area contributed by atoms with Crippen molar-refractivity contribution in [3.8, 4) is 0 Å². The Bertz CT molecular complexity index is 573. The van der Waals surface area contributed by atoms with E-state index in [1.54, 1.807) is 22.2 Å². The first kappa shape index (κ1) is 11.6.